The third-order valence-corrected chi connectivity index (χ3v) is 3.65. The molecule has 1 aliphatic rings. The Morgan fingerprint density at radius 3 is 2.53 bits per heavy atom. The molecule has 3 nitrogen and oxygen atoms in total. The van der Waals surface area contributed by atoms with E-state index < -0.39 is 0 Å². The van der Waals surface area contributed by atoms with Crippen molar-refractivity contribution in [3.63, 3.8) is 0 Å². The van der Waals surface area contributed by atoms with Crippen molar-refractivity contribution in [2.24, 2.45) is 0 Å². The molecule has 0 radical (unpaired) electrons. The fourth-order valence-electron chi connectivity index (χ4n) is 2.63. The summed E-state index contributed by atoms with van der Waals surface area (Å²) in [5, 5.41) is 3.60. The van der Waals surface area contributed by atoms with E-state index >= 15 is 0 Å². The van der Waals surface area contributed by atoms with Gasteiger partial charge in [-0.25, -0.2) is 0 Å². The number of benzene rings is 1. The molecule has 1 aliphatic heterocycles. The van der Waals surface area contributed by atoms with Crippen molar-refractivity contribution in [2.45, 2.75) is 38.6 Å². The minimum Gasteiger partial charge on any atom is -0.493 e. The van der Waals surface area contributed by atoms with Crippen molar-refractivity contribution < 1.29 is 9.47 Å². The number of fused-ring (bicyclic) bond motifs is 1. The summed E-state index contributed by atoms with van der Waals surface area (Å²) in [6, 6.07) is 4.74. The lowest BCUT2D eigenvalue weighted by Crippen LogP contribution is -2.29. The minimum atomic E-state index is 0. The van der Waals surface area contributed by atoms with Crippen LogP contribution in [0, 0.1) is 0 Å². The normalized spacial score (nSPS) is 17.3. The van der Waals surface area contributed by atoms with Crippen molar-refractivity contribution in [3.05, 3.63) is 23.3 Å². The smallest absolute Gasteiger partial charge is 0.161 e. The molecule has 108 valence electrons. The van der Waals surface area contributed by atoms with Gasteiger partial charge in [-0.15, -0.1) is 12.4 Å². The highest BCUT2D eigenvalue weighted by atomic mass is 35.5. The molecule has 0 saturated heterocycles. The van der Waals surface area contributed by atoms with E-state index in [9.17, 15) is 0 Å². The van der Waals surface area contributed by atoms with E-state index in [1.165, 1.54) is 30.4 Å². The second-order valence-electron chi connectivity index (χ2n) is 4.80. The lowest BCUT2D eigenvalue weighted by molar-refractivity contribution is 0.351. The monoisotopic (exact) mass is 285 g/mol. The summed E-state index contributed by atoms with van der Waals surface area (Å²) in [5.41, 5.74) is 2.78. The van der Waals surface area contributed by atoms with E-state index in [2.05, 4.69) is 24.4 Å². The van der Waals surface area contributed by atoms with Crippen LogP contribution in [-0.4, -0.2) is 20.8 Å². The summed E-state index contributed by atoms with van der Waals surface area (Å²) in [4.78, 5) is 0. The van der Waals surface area contributed by atoms with E-state index in [1.807, 2.05) is 0 Å². The van der Waals surface area contributed by atoms with E-state index in [1.54, 1.807) is 14.2 Å². The number of nitrogens with one attached hydrogen (secondary N) is 1. The number of rotatable bonds is 5. The molecule has 0 saturated carbocycles. The summed E-state index contributed by atoms with van der Waals surface area (Å²) in [5.74, 6) is 1.67. The van der Waals surface area contributed by atoms with Crippen LogP contribution in [0.25, 0.3) is 0 Å². The molecule has 0 bridgehead atoms. The van der Waals surface area contributed by atoms with Gasteiger partial charge in [-0.05, 0) is 42.6 Å². The standard InChI is InChI=1S/C15H23NO2.ClH/c1-4-5-6-13-12-10-15(18-3)14(17-2)9-11(12)7-8-16-13;/h9-10,13,16H,4-8H2,1-3H3;1H. The maximum atomic E-state index is 5.40. The first-order valence-corrected chi connectivity index (χ1v) is 6.78. The molecule has 0 aromatic heterocycles. The Hall–Kier alpha value is -0.930. The van der Waals surface area contributed by atoms with Gasteiger partial charge in [0.2, 0.25) is 0 Å². The zero-order chi connectivity index (χ0) is 13.0. The van der Waals surface area contributed by atoms with Crippen LogP contribution in [0.2, 0.25) is 0 Å². The van der Waals surface area contributed by atoms with Gasteiger partial charge in [0.15, 0.2) is 11.5 Å². The van der Waals surface area contributed by atoms with Crippen molar-refractivity contribution in [1.82, 2.24) is 5.32 Å². The van der Waals surface area contributed by atoms with Gasteiger partial charge in [-0.2, -0.15) is 0 Å². The molecule has 1 aromatic carbocycles. The molecule has 0 aliphatic carbocycles. The second kappa shape index (κ2) is 7.61. The van der Waals surface area contributed by atoms with Gasteiger partial charge in [-0.3, -0.25) is 0 Å². The zero-order valence-electron chi connectivity index (χ0n) is 12.0. The van der Waals surface area contributed by atoms with E-state index in [0.29, 0.717) is 6.04 Å². The van der Waals surface area contributed by atoms with Crippen LogP contribution < -0.4 is 14.8 Å². The predicted molar refractivity (Wildman–Crippen MR) is 80.8 cm³/mol. The topological polar surface area (TPSA) is 30.5 Å². The van der Waals surface area contributed by atoms with Gasteiger partial charge < -0.3 is 14.8 Å². The van der Waals surface area contributed by atoms with Crippen LogP contribution in [0.3, 0.4) is 0 Å². The minimum absolute atomic E-state index is 0. The summed E-state index contributed by atoms with van der Waals surface area (Å²) < 4.78 is 10.8. The summed E-state index contributed by atoms with van der Waals surface area (Å²) >= 11 is 0. The highest BCUT2D eigenvalue weighted by Gasteiger charge is 2.21. The van der Waals surface area contributed by atoms with Crippen molar-refractivity contribution in [1.29, 1.82) is 0 Å². The third kappa shape index (κ3) is 3.54. The average molecular weight is 286 g/mol. The Bertz CT molecular complexity index is 409. The van der Waals surface area contributed by atoms with E-state index in [0.717, 1.165) is 24.5 Å². The van der Waals surface area contributed by atoms with Gasteiger partial charge in [0.25, 0.3) is 0 Å². The van der Waals surface area contributed by atoms with Crippen LogP contribution in [0.1, 0.15) is 43.4 Å². The predicted octanol–water partition coefficient (Wildman–Crippen LogP) is 3.50. The van der Waals surface area contributed by atoms with Crippen molar-refractivity contribution >= 4 is 12.4 Å². The summed E-state index contributed by atoms with van der Waals surface area (Å²) in [7, 11) is 3.39. The maximum Gasteiger partial charge on any atom is 0.161 e. The van der Waals surface area contributed by atoms with E-state index in [4.69, 9.17) is 9.47 Å². The van der Waals surface area contributed by atoms with Crippen LogP contribution in [0.15, 0.2) is 12.1 Å². The number of methoxy groups -OCH3 is 2. The molecule has 1 unspecified atom stereocenters. The molecular weight excluding hydrogens is 262 g/mol. The maximum absolute atomic E-state index is 5.40. The Morgan fingerprint density at radius 2 is 1.89 bits per heavy atom. The number of hydrogen-bond donors (Lipinski definition) is 1. The first-order valence-electron chi connectivity index (χ1n) is 6.78. The number of unbranched alkanes of at least 4 members (excludes halogenated alkanes) is 1. The Labute approximate surface area is 122 Å². The zero-order valence-corrected chi connectivity index (χ0v) is 12.8. The molecule has 2 rings (SSSR count). The molecule has 1 N–H and O–H groups in total. The highest BCUT2D eigenvalue weighted by Crippen LogP contribution is 2.36. The molecule has 0 spiro atoms. The lowest BCUT2D eigenvalue weighted by Gasteiger charge is -2.28. The van der Waals surface area contributed by atoms with Gasteiger partial charge in [0, 0.05) is 6.04 Å². The van der Waals surface area contributed by atoms with Gasteiger partial charge >= 0.3 is 0 Å². The second-order valence-corrected chi connectivity index (χ2v) is 4.80. The fraction of sp³-hybridized carbons (Fsp3) is 0.600. The average Bonchev–Trinajstić information content (AvgIpc) is 2.43. The van der Waals surface area contributed by atoms with Crippen molar-refractivity contribution in [3.8, 4) is 11.5 Å². The van der Waals surface area contributed by atoms with Crippen molar-refractivity contribution in [2.75, 3.05) is 20.8 Å². The Kier molecular flexibility index (Phi) is 6.46. The molecule has 0 fully saturated rings. The number of halogens is 1. The number of hydrogen-bond acceptors (Lipinski definition) is 3. The van der Waals surface area contributed by atoms with Gasteiger partial charge in [0.1, 0.15) is 0 Å². The lowest BCUT2D eigenvalue weighted by atomic mass is 9.91. The third-order valence-electron chi connectivity index (χ3n) is 3.65. The molecule has 4 heteroatoms. The molecule has 1 heterocycles. The SMILES string of the molecule is CCCCC1NCCc2cc(OC)c(OC)cc21.Cl. The fourth-order valence-corrected chi connectivity index (χ4v) is 2.63. The molecule has 0 amide bonds. The van der Waals surface area contributed by atoms with Crippen LogP contribution in [0.4, 0.5) is 0 Å². The quantitative estimate of drug-likeness (QED) is 0.898. The van der Waals surface area contributed by atoms with Crippen LogP contribution in [-0.2, 0) is 6.42 Å². The first-order chi connectivity index (χ1) is 8.80. The Morgan fingerprint density at radius 1 is 1.21 bits per heavy atom. The first kappa shape index (κ1) is 16.1. The highest BCUT2D eigenvalue weighted by molar-refractivity contribution is 5.85. The Balaban J connectivity index is 0.00000180. The molecule has 19 heavy (non-hydrogen) atoms. The molecule has 1 aromatic rings. The van der Waals surface area contributed by atoms with Crippen LogP contribution in [0.5, 0.6) is 11.5 Å². The van der Waals surface area contributed by atoms with Gasteiger partial charge in [-0.1, -0.05) is 19.8 Å². The van der Waals surface area contributed by atoms with Crippen LogP contribution >= 0.6 is 12.4 Å². The largest absolute Gasteiger partial charge is 0.493 e. The van der Waals surface area contributed by atoms with E-state index in [-0.39, 0.29) is 12.4 Å². The molecule has 1 atom stereocenters. The van der Waals surface area contributed by atoms with Gasteiger partial charge in [0.05, 0.1) is 14.2 Å². The summed E-state index contributed by atoms with van der Waals surface area (Å²) in [6.45, 7) is 3.29. The molecular formula is C15H24ClNO2. The number of ether oxygens (including phenoxy) is 2. The summed E-state index contributed by atoms with van der Waals surface area (Å²) in [6.07, 6.45) is 4.75.